The lowest BCUT2D eigenvalue weighted by molar-refractivity contribution is -0.132. The molecule has 1 saturated heterocycles. The van der Waals surface area contributed by atoms with Crippen LogP contribution < -0.4 is 9.64 Å². The van der Waals surface area contributed by atoms with Crippen molar-refractivity contribution in [3.05, 3.63) is 102 Å². The smallest absolute Gasteiger partial charge is 0.300 e. The van der Waals surface area contributed by atoms with Crippen LogP contribution in [0.15, 0.2) is 90.5 Å². The van der Waals surface area contributed by atoms with Crippen LogP contribution in [0, 0.1) is 0 Å². The number of benzene rings is 3. The number of carbonyl (C=O) groups excluding carboxylic acids is 2. The molecule has 1 aliphatic rings. The lowest BCUT2D eigenvalue weighted by Gasteiger charge is -2.25. The molecule has 0 aromatic heterocycles. The zero-order valence-corrected chi connectivity index (χ0v) is 16.5. The molecular weight excluding hydrogens is 378 g/mol. The summed E-state index contributed by atoms with van der Waals surface area (Å²) in [5, 5.41) is 11.1. The van der Waals surface area contributed by atoms with Crippen molar-refractivity contribution in [1.82, 2.24) is 0 Å². The molecule has 1 N–H and O–H groups in total. The maximum Gasteiger partial charge on any atom is 0.300 e. The number of aliphatic hydroxyl groups excluding tert-OH is 1. The lowest BCUT2D eigenvalue weighted by atomic mass is 9.95. The van der Waals surface area contributed by atoms with Gasteiger partial charge < -0.3 is 9.84 Å². The van der Waals surface area contributed by atoms with Gasteiger partial charge in [-0.05, 0) is 48.9 Å². The predicted octanol–water partition coefficient (Wildman–Crippen LogP) is 4.71. The number of hydrogen-bond acceptors (Lipinski definition) is 4. The highest BCUT2D eigenvalue weighted by atomic mass is 16.5. The zero-order valence-electron chi connectivity index (χ0n) is 16.5. The van der Waals surface area contributed by atoms with Crippen LogP contribution >= 0.6 is 0 Å². The fraction of sp³-hybridized carbons (Fsp3) is 0.120. The number of para-hydroxylation sites is 1. The highest BCUT2D eigenvalue weighted by molar-refractivity contribution is 6.51. The topological polar surface area (TPSA) is 66.8 Å². The second kappa shape index (κ2) is 8.25. The van der Waals surface area contributed by atoms with E-state index in [1.165, 1.54) is 4.90 Å². The van der Waals surface area contributed by atoms with Crippen LogP contribution in [0.2, 0.25) is 0 Å². The molecule has 1 heterocycles. The molecular formula is C25H21NO4. The van der Waals surface area contributed by atoms with E-state index < -0.39 is 17.7 Å². The van der Waals surface area contributed by atoms with Crippen molar-refractivity contribution < 1.29 is 19.4 Å². The van der Waals surface area contributed by atoms with Gasteiger partial charge in [0.05, 0.1) is 18.2 Å². The Kier molecular flexibility index (Phi) is 5.35. The van der Waals surface area contributed by atoms with E-state index in [-0.39, 0.29) is 11.3 Å². The third kappa shape index (κ3) is 3.46. The average Bonchev–Trinajstić information content (AvgIpc) is 3.06. The Morgan fingerprint density at radius 3 is 2.10 bits per heavy atom. The summed E-state index contributed by atoms with van der Waals surface area (Å²) < 4.78 is 5.44. The van der Waals surface area contributed by atoms with Gasteiger partial charge in [-0.25, -0.2) is 0 Å². The van der Waals surface area contributed by atoms with E-state index >= 15 is 0 Å². The molecule has 1 amide bonds. The van der Waals surface area contributed by atoms with Crippen molar-refractivity contribution in [3.63, 3.8) is 0 Å². The monoisotopic (exact) mass is 399 g/mol. The van der Waals surface area contributed by atoms with Gasteiger partial charge in [-0.1, -0.05) is 48.5 Å². The van der Waals surface area contributed by atoms with E-state index in [0.29, 0.717) is 23.6 Å². The van der Waals surface area contributed by atoms with E-state index in [1.54, 1.807) is 36.4 Å². The molecule has 1 unspecified atom stereocenters. The number of anilines is 1. The SMILES string of the molecule is CCOc1ccc(/C(O)=C2\C(=O)C(=O)N(c3ccccc3)C2c2ccccc2)cc1. The summed E-state index contributed by atoms with van der Waals surface area (Å²) >= 11 is 0. The number of amides is 1. The summed E-state index contributed by atoms with van der Waals surface area (Å²) in [6, 6.07) is 24.3. The first-order valence-corrected chi connectivity index (χ1v) is 9.76. The number of rotatable bonds is 5. The lowest BCUT2D eigenvalue weighted by Crippen LogP contribution is -2.29. The Hall–Kier alpha value is -3.86. The molecule has 150 valence electrons. The van der Waals surface area contributed by atoms with Gasteiger partial charge in [0.2, 0.25) is 0 Å². The minimum Gasteiger partial charge on any atom is -0.507 e. The average molecular weight is 399 g/mol. The first-order chi connectivity index (χ1) is 14.6. The molecule has 4 rings (SSSR count). The van der Waals surface area contributed by atoms with E-state index in [9.17, 15) is 14.7 Å². The Bertz CT molecular complexity index is 1090. The van der Waals surface area contributed by atoms with Gasteiger partial charge in [-0.15, -0.1) is 0 Å². The van der Waals surface area contributed by atoms with Crippen molar-refractivity contribution >= 4 is 23.1 Å². The first-order valence-electron chi connectivity index (χ1n) is 9.76. The molecule has 1 fully saturated rings. The standard InChI is InChI=1S/C25H21NO4/c1-2-30-20-15-13-18(14-16-20)23(27)21-22(17-9-5-3-6-10-17)26(25(29)24(21)28)19-11-7-4-8-12-19/h3-16,22,27H,2H2,1H3/b23-21+. The van der Waals surface area contributed by atoms with E-state index in [1.807, 2.05) is 55.5 Å². The van der Waals surface area contributed by atoms with Crippen molar-refractivity contribution in [2.24, 2.45) is 0 Å². The van der Waals surface area contributed by atoms with Gasteiger partial charge in [0, 0.05) is 11.3 Å². The first kappa shape index (κ1) is 19.5. The quantitative estimate of drug-likeness (QED) is 0.383. The molecule has 0 bridgehead atoms. The zero-order chi connectivity index (χ0) is 21.1. The fourth-order valence-electron chi connectivity index (χ4n) is 3.67. The summed E-state index contributed by atoms with van der Waals surface area (Å²) in [5.74, 6) is -0.913. The summed E-state index contributed by atoms with van der Waals surface area (Å²) in [7, 11) is 0. The third-order valence-corrected chi connectivity index (χ3v) is 5.03. The molecule has 5 nitrogen and oxygen atoms in total. The third-order valence-electron chi connectivity index (χ3n) is 5.03. The fourth-order valence-corrected chi connectivity index (χ4v) is 3.67. The molecule has 0 saturated carbocycles. The number of ether oxygens (including phenoxy) is 1. The van der Waals surface area contributed by atoms with Crippen LogP contribution in [0.5, 0.6) is 5.75 Å². The molecule has 0 radical (unpaired) electrons. The summed E-state index contributed by atoms with van der Waals surface area (Å²) in [6.45, 7) is 2.42. The normalized spacial score (nSPS) is 17.9. The predicted molar refractivity (Wildman–Crippen MR) is 115 cm³/mol. The molecule has 5 heteroatoms. The molecule has 30 heavy (non-hydrogen) atoms. The van der Waals surface area contributed by atoms with Crippen molar-refractivity contribution in [2.75, 3.05) is 11.5 Å². The Morgan fingerprint density at radius 2 is 1.50 bits per heavy atom. The van der Waals surface area contributed by atoms with Crippen LogP contribution in [0.4, 0.5) is 5.69 Å². The summed E-state index contributed by atoms with van der Waals surface area (Å²) in [5.41, 5.74) is 1.86. The number of hydrogen-bond donors (Lipinski definition) is 1. The molecule has 0 aliphatic carbocycles. The van der Waals surface area contributed by atoms with Gasteiger partial charge in [0.25, 0.3) is 11.7 Å². The molecule has 0 spiro atoms. The van der Waals surface area contributed by atoms with Gasteiger partial charge in [0.1, 0.15) is 11.5 Å². The molecule has 1 atom stereocenters. The number of ketones is 1. The highest BCUT2D eigenvalue weighted by Gasteiger charge is 2.46. The largest absolute Gasteiger partial charge is 0.507 e. The molecule has 3 aromatic rings. The Labute approximate surface area is 174 Å². The van der Waals surface area contributed by atoms with Gasteiger partial charge in [-0.3, -0.25) is 14.5 Å². The maximum absolute atomic E-state index is 13.0. The van der Waals surface area contributed by atoms with E-state index in [4.69, 9.17) is 4.74 Å². The molecule has 1 aliphatic heterocycles. The van der Waals surface area contributed by atoms with Crippen LogP contribution in [0.3, 0.4) is 0 Å². The Morgan fingerprint density at radius 1 is 0.900 bits per heavy atom. The van der Waals surface area contributed by atoms with E-state index in [0.717, 1.165) is 5.56 Å². The highest BCUT2D eigenvalue weighted by Crippen LogP contribution is 2.42. The van der Waals surface area contributed by atoms with Crippen LogP contribution in [0.1, 0.15) is 24.1 Å². The number of Topliss-reactive ketones (excluding diaryl/α,β-unsaturated/α-hetero) is 1. The van der Waals surface area contributed by atoms with Crippen LogP contribution in [0.25, 0.3) is 5.76 Å². The van der Waals surface area contributed by atoms with Gasteiger partial charge in [0.15, 0.2) is 0 Å². The van der Waals surface area contributed by atoms with Crippen LogP contribution in [-0.4, -0.2) is 23.4 Å². The maximum atomic E-state index is 13.0. The second-order valence-corrected chi connectivity index (χ2v) is 6.87. The number of aliphatic hydroxyl groups is 1. The van der Waals surface area contributed by atoms with Crippen molar-refractivity contribution in [3.8, 4) is 5.75 Å². The number of carbonyl (C=O) groups is 2. The number of nitrogens with zero attached hydrogens (tertiary/aromatic N) is 1. The minimum absolute atomic E-state index is 0.0687. The van der Waals surface area contributed by atoms with Gasteiger partial charge in [-0.2, -0.15) is 0 Å². The summed E-state index contributed by atoms with van der Waals surface area (Å²) in [6.07, 6.45) is 0. The van der Waals surface area contributed by atoms with Crippen LogP contribution in [-0.2, 0) is 9.59 Å². The van der Waals surface area contributed by atoms with Gasteiger partial charge >= 0.3 is 0 Å². The van der Waals surface area contributed by atoms with Crippen molar-refractivity contribution in [1.29, 1.82) is 0 Å². The van der Waals surface area contributed by atoms with E-state index in [2.05, 4.69) is 0 Å². The minimum atomic E-state index is -0.722. The Balaban J connectivity index is 1.87. The summed E-state index contributed by atoms with van der Waals surface area (Å²) in [4.78, 5) is 27.5. The second-order valence-electron chi connectivity index (χ2n) is 6.87. The molecule has 3 aromatic carbocycles. The van der Waals surface area contributed by atoms with Crippen molar-refractivity contribution in [2.45, 2.75) is 13.0 Å².